The Morgan fingerprint density at radius 1 is 1.67 bits per heavy atom. The van der Waals surface area contributed by atoms with Gasteiger partial charge < -0.3 is 10.5 Å². The van der Waals surface area contributed by atoms with Crippen LogP contribution in [0.5, 0.6) is 0 Å². The standard InChI is InChI=1S/C7H13F2NO2/c1-3-7(10,6(8)9)4-5(11)12-2/h6H,3-4,10H2,1-2H3. The van der Waals surface area contributed by atoms with Crippen molar-refractivity contribution < 1.29 is 18.3 Å². The predicted octanol–water partition coefficient (Wildman–Crippen LogP) is 0.922. The smallest absolute Gasteiger partial charge is 0.307 e. The number of halogens is 2. The summed E-state index contributed by atoms with van der Waals surface area (Å²) in [7, 11) is 1.14. The quantitative estimate of drug-likeness (QED) is 0.656. The van der Waals surface area contributed by atoms with Crippen LogP contribution in [0.1, 0.15) is 19.8 Å². The predicted molar refractivity (Wildman–Crippen MR) is 39.8 cm³/mol. The Morgan fingerprint density at radius 2 is 2.17 bits per heavy atom. The third-order valence-electron chi connectivity index (χ3n) is 1.79. The Morgan fingerprint density at radius 3 is 2.42 bits per heavy atom. The molecule has 0 bridgehead atoms. The SMILES string of the molecule is CCC(N)(CC(=O)OC)C(F)F. The molecule has 0 aliphatic rings. The minimum atomic E-state index is -2.71. The lowest BCUT2D eigenvalue weighted by molar-refractivity contribution is -0.143. The molecule has 0 spiro atoms. The molecular weight excluding hydrogens is 168 g/mol. The monoisotopic (exact) mass is 181 g/mol. The van der Waals surface area contributed by atoms with E-state index in [4.69, 9.17) is 5.73 Å². The third kappa shape index (κ3) is 2.73. The van der Waals surface area contributed by atoms with Crippen molar-refractivity contribution in [2.24, 2.45) is 5.73 Å². The van der Waals surface area contributed by atoms with Crippen LogP contribution in [0.3, 0.4) is 0 Å². The fourth-order valence-corrected chi connectivity index (χ4v) is 0.697. The average molecular weight is 181 g/mol. The topological polar surface area (TPSA) is 52.3 Å². The van der Waals surface area contributed by atoms with E-state index in [2.05, 4.69) is 4.74 Å². The van der Waals surface area contributed by atoms with Crippen molar-refractivity contribution in [2.75, 3.05) is 7.11 Å². The summed E-state index contributed by atoms with van der Waals surface area (Å²) in [6.45, 7) is 1.51. The molecule has 0 fully saturated rings. The molecule has 12 heavy (non-hydrogen) atoms. The number of hydrogen-bond donors (Lipinski definition) is 1. The largest absolute Gasteiger partial charge is 0.469 e. The van der Waals surface area contributed by atoms with E-state index < -0.39 is 24.4 Å². The Labute approximate surface area is 69.9 Å². The summed E-state index contributed by atoms with van der Waals surface area (Å²) >= 11 is 0. The van der Waals surface area contributed by atoms with Crippen molar-refractivity contribution in [1.29, 1.82) is 0 Å². The highest BCUT2D eigenvalue weighted by Gasteiger charge is 2.36. The van der Waals surface area contributed by atoms with Gasteiger partial charge in [-0.15, -0.1) is 0 Å². The first-order valence-corrected chi connectivity index (χ1v) is 3.60. The van der Waals surface area contributed by atoms with Crippen molar-refractivity contribution in [2.45, 2.75) is 31.7 Å². The van der Waals surface area contributed by atoms with Crippen molar-refractivity contribution in [3.05, 3.63) is 0 Å². The maximum absolute atomic E-state index is 12.2. The van der Waals surface area contributed by atoms with Crippen LogP contribution in [0.25, 0.3) is 0 Å². The number of alkyl halides is 2. The van der Waals surface area contributed by atoms with Gasteiger partial charge in [0.1, 0.15) is 0 Å². The molecule has 1 unspecified atom stereocenters. The minimum absolute atomic E-state index is 0.0414. The van der Waals surface area contributed by atoms with E-state index in [-0.39, 0.29) is 6.42 Å². The molecule has 0 aromatic heterocycles. The van der Waals surface area contributed by atoms with Crippen molar-refractivity contribution >= 4 is 5.97 Å². The summed E-state index contributed by atoms with van der Waals surface area (Å²) < 4.78 is 28.7. The first-order valence-electron chi connectivity index (χ1n) is 3.60. The maximum Gasteiger partial charge on any atom is 0.307 e. The van der Waals surface area contributed by atoms with Gasteiger partial charge in [-0.2, -0.15) is 0 Å². The van der Waals surface area contributed by atoms with Gasteiger partial charge in [-0.25, -0.2) is 8.78 Å². The second-order valence-electron chi connectivity index (χ2n) is 2.64. The van der Waals surface area contributed by atoms with Gasteiger partial charge in [-0.1, -0.05) is 6.92 Å². The molecule has 0 aliphatic carbocycles. The fourth-order valence-electron chi connectivity index (χ4n) is 0.697. The Bertz CT molecular complexity index is 163. The van der Waals surface area contributed by atoms with Crippen LogP contribution >= 0.6 is 0 Å². The zero-order chi connectivity index (χ0) is 9.78. The molecule has 2 N–H and O–H groups in total. The van der Waals surface area contributed by atoms with E-state index in [9.17, 15) is 13.6 Å². The lowest BCUT2D eigenvalue weighted by atomic mass is 9.94. The van der Waals surface area contributed by atoms with Crippen LogP contribution in [-0.2, 0) is 9.53 Å². The van der Waals surface area contributed by atoms with Gasteiger partial charge in [0.25, 0.3) is 6.43 Å². The molecule has 0 radical (unpaired) electrons. The van der Waals surface area contributed by atoms with E-state index in [1.807, 2.05) is 0 Å². The number of carbonyl (C=O) groups excluding carboxylic acids is 1. The molecule has 0 rings (SSSR count). The van der Waals surface area contributed by atoms with Gasteiger partial charge in [0, 0.05) is 0 Å². The van der Waals surface area contributed by atoms with E-state index in [0.29, 0.717) is 0 Å². The van der Waals surface area contributed by atoms with Crippen molar-refractivity contribution in [3.63, 3.8) is 0 Å². The highest BCUT2D eigenvalue weighted by Crippen LogP contribution is 2.21. The number of rotatable bonds is 4. The summed E-state index contributed by atoms with van der Waals surface area (Å²) in [6, 6.07) is 0. The van der Waals surface area contributed by atoms with Gasteiger partial charge in [0.2, 0.25) is 0 Å². The van der Waals surface area contributed by atoms with Crippen LogP contribution in [-0.4, -0.2) is 25.0 Å². The molecule has 1 atom stereocenters. The average Bonchev–Trinajstić information content (AvgIpc) is 2.03. The van der Waals surface area contributed by atoms with Gasteiger partial charge in [0.15, 0.2) is 0 Å². The minimum Gasteiger partial charge on any atom is -0.469 e. The fraction of sp³-hybridized carbons (Fsp3) is 0.857. The third-order valence-corrected chi connectivity index (χ3v) is 1.79. The van der Waals surface area contributed by atoms with Gasteiger partial charge in [0.05, 0.1) is 19.1 Å². The van der Waals surface area contributed by atoms with Crippen molar-refractivity contribution in [3.8, 4) is 0 Å². The van der Waals surface area contributed by atoms with Crippen LogP contribution in [0, 0.1) is 0 Å². The maximum atomic E-state index is 12.2. The highest BCUT2D eigenvalue weighted by atomic mass is 19.3. The van der Waals surface area contributed by atoms with Crippen molar-refractivity contribution in [1.82, 2.24) is 0 Å². The number of hydrogen-bond acceptors (Lipinski definition) is 3. The summed E-state index contributed by atoms with van der Waals surface area (Å²) in [5.74, 6) is -0.709. The zero-order valence-corrected chi connectivity index (χ0v) is 7.14. The molecule has 3 nitrogen and oxygen atoms in total. The molecule has 0 saturated heterocycles. The van der Waals surface area contributed by atoms with Gasteiger partial charge in [-0.05, 0) is 6.42 Å². The molecule has 72 valence electrons. The highest BCUT2D eigenvalue weighted by molar-refractivity contribution is 5.70. The number of ether oxygens (including phenoxy) is 1. The van der Waals surface area contributed by atoms with Crippen LogP contribution in [0.4, 0.5) is 8.78 Å². The molecule has 0 heterocycles. The molecular formula is C7H13F2NO2. The molecule has 0 aromatic carbocycles. The summed E-state index contributed by atoms with van der Waals surface area (Å²) in [6.07, 6.45) is -3.11. The van der Waals surface area contributed by atoms with Crippen LogP contribution in [0.2, 0.25) is 0 Å². The molecule has 0 aromatic rings. The number of esters is 1. The lowest BCUT2D eigenvalue weighted by Crippen LogP contribution is -2.48. The second-order valence-corrected chi connectivity index (χ2v) is 2.64. The number of nitrogens with two attached hydrogens (primary N) is 1. The summed E-state index contributed by atoms with van der Waals surface area (Å²) in [4.78, 5) is 10.7. The summed E-state index contributed by atoms with van der Waals surface area (Å²) in [5, 5.41) is 0. The number of carbonyl (C=O) groups is 1. The molecule has 0 amide bonds. The first-order chi connectivity index (χ1) is 5.46. The van der Waals surface area contributed by atoms with Crippen LogP contribution in [0.15, 0.2) is 0 Å². The molecule has 0 saturated carbocycles. The number of methoxy groups -OCH3 is 1. The Balaban J connectivity index is 4.23. The van der Waals surface area contributed by atoms with Gasteiger partial charge >= 0.3 is 5.97 Å². The Kier molecular flexibility index (Phi) is 4.09. The summed E-state index contributed by atoms with van der Waals surface area (Å²) in [5.41, 5.74) is 3.52. The van der Waals surface area contributed by atoms with E-state index in [0.717, 1.165) is 7.11 Å². The zero-order valence-electron chi connectivity index (χ0n) is 7.14. The van der Waals surface area contributed by atoms with E-state index in [1.54, 1.807) is 0 Å². The lowest BCUT2D eigenvalue weighted by Gasteiger charge is -2.25. The second kappa shape index (κ2) is 4.35. The van der Waals surface area contributed by atoms with E-state index in [1.165, 1.54) is 6.92 Å². The van der Waals surface area contributed by atoms with Crippen LogP contribution < -0.4 is 5.73 Å². The first kappa shape index (κ1) is 11.3. The Hall–Kier alpha value is -0.710. The van der Waals surface area contributed by atoms with Gasteiger partial charge in [-0.3, -0.25) is 4.79 Å². The molecule has 5 heteroatoms. The molecule has 0 aliphatic heterocycles. The van der Waals surface area contributed by atoms with E-state index >= 15 is 0 Å². The normalized spacial score (nSPS) is 15.8.